The van der Waals surface area contributed by atoms with Crippen LogP contribution in [0.25, 0.3) is 0 Å². The van der Waals surface area contributed by atoms with Crippen molar-refractivity contribution < 1.29 is 232 Å². The Bertz CT molecular complexity index is 2620. The molecule has 0 bridgehead atoms. The van der Waals surface area contributed by atoms with Crippen molar-refractivity contribution in [3.8, 4) is 0 Å². The summed E-state index contributed by atoms with van der Waals surface area (Å²) in [7, 11) is -25.1. The molecule has 0 atom stereocenters. The van der Waals surface area contributed by atoms with Gasteiger partial charge in [0.2, 0.25) is 5.69 Å². The van der Waals surface area contributed by atoms with Crippen LogP contribution in [0.1, 0.15) is 64.5 Å². The molecule has 20 nitrogen and oxygen atoms in total. The molecule has 2 heterocycles. The van der Waals surface area contributed by atoms with Gasteiger partial charge in [-0.3, -0.25) is 5.04 Å². The van der Waals surface area contributed by atoms with Crippen molar-refractivity contribution >= 4 is 79.7 Å². The smallest absolute Gasteiger partial charge is 0.748 e. The van der Waals surface area contributed by atoms with Crippen molar-refractivity contribution in [2.24, 2.45) is 0 Å². The molecule has 2 aliphatic heterocycles. The molecule has 4 rings (SSSR count). The minimum Gasteiger partial charge on any atom is -0.748 e. The number of anilines is 1. The number of fused-ring (bicyclic) bond motifs is 2. The maximum Gasteiger partial charge on any atom is 1.00 e. The molecule has 0 amide bonds. The van der Waals surface area contributed by atoms with Gasteiger partial charge in [-0.1, -0.05) is 19.9 Å². The summed E-state index contributed by atoms with van der Waals surface area (Å²) in [5.41, 5.74) is -3.44. The van der Waals surface area contributed by atoms with Gasteiger partial charge in [-0.2, -0.15) is 8.91 Å². The molecule has 2 aromatic carbocycles. The summed E-state index contributed by atoms with van der Waals surface area (Å²) in [5.74, 6) is -1.55. The second-order valence-electron chi connectivity index (χ2n) is 13.9. The van der Waals surface area contributed by atoms with Crippen molar-refractivity contribution in [2.45, 2.75) is 83.8 Å². The van der Waals surface area contributed by atoms with Crippen LogP contribution in [0.3, 0.4) is 0 Å². The Balaban J connectivity index is 0. The number of rotatable bonds is 18. The molecule has 0 saturated carbocycles. The number of hydrogen-bond acceptors (Lipinski definition) is 20. The molecule has 0 aliphatic carbocycles. The van der Waals surface area contributed by atoms with E-state index in [1.54, 1.807) is 0 Å². The molecule has 2 aromatic rings. The third-order valence-electron chi connectivity index (χ3n) is 9.38. The maximum atomic E-state index is 12.5. The van der Waals surface area contributed by atoms with Crippen LogP contribution in [0.5, 0.6) is 0 Å². The van der Waals surface area contributed by atoms with Gasteiger partial charge < -0.3 is 32.9 Å². The zero-order valence-electron chi connectivity index (χ0n) is 35.4. The van der Waals surface area contributed by atoms with Crippen LogP contribution >= 0.6 is 12.0 Å². The van der Waals surface area contributed by atoms with E-state index >= 15 is 0 Å². The SMILES string of the molecule is CC1(C)C(C=C/C=C2/N(CCCCS(=O)(=O)[O-])c3c(SOO[O-])ccc(S(=O)(=O)[O-])c3C2(C)C)=[N+](CCCCS(=O)(=O)[O-])c2c(S(=O)(=O)[O-])ccc(S(=O)(=O)[O-])c21.[Na+].[Na+].[Na+].[Na+].[Na+]. The van der Waals surface area contributed by atoms with Gasteiger partial charge in [0, 0.05) is 47.2 Å². The first kappa shape index (κ1) is 66.3. The summed E-state index contributed by atoms with van der Waals surface area (Å²) >= 11 is 0.368. The number of nitrogens with zero attached hydrogens (tertiary/aromatic N) is 2. The molecule has 0 radical (unpaired) electrons. The van der Waals surface area contributed by atoms with Crippen molar-refractivity contribution in [3.63, 3.8) is 0 Å². The summed E-state index contributed by atoms with van der Waals surface area (Å²) in [4.78, 5) is -0.818. The predicted molar refractivity (Wildman–Crippen MR) is 193 cm³/mol. The molecule has 31 heteroatoms. The van der Waals surface area contributed by atoms with E-state index in [9.17, 15) is 70.1 Å². The van der Waals surface area contributed by atoms with Gasteiger partial charge in [-0.25, -0.2) is 42.1 Å². The summed E-state index contributed by atoms with van der Waals surface area (Å²) in [5, 5.41) is 14.2. The molecule has 2 aliphatic rings. The molecule has 318 valence electrons. The number of hydrogen-bond donors (Lipinski definition) is 0. The topological polar surface area (TPSA) is 334 Å². The van der Waals surface area contributed by atoms with E-state index in [0.29, 0.717) is 24.2 Å². The second kappa shape index (κ2) is 25.3. The molecule has 0 aromatic heterocycles. The molecule has 0 unspecified atom stereocenters. The molecular formula is C31H35N2Na5O18S6. The summed E-state index contributed by atoms with van der Waals surface area (Å²) in [6, 6.07) is 3.52. The minimum absolute atomic E-state index is 0. The fourth-order valence-corrected chi connectivity index (χ4v) is 11.1. The van der Waals surface area contributed by atoms with E-state index in [2.05, 4.69) is 9.37 Å². The van der Waals surface area contributed by atoms with Gasteiger partial charge in [-0.15, -0.1) is 0 Å². The van der Waals surface area contributed by atoms with Crippen molar-refractivity contribution in [1.82, 2.24) is 0 Å². The van der Waals surface area contributed by atoms with Crippen LogP contribution in [-0.4, -0.2) is 99.7 Å². The first-order chi connectivity index (χ1) is 25.9. The van der Waals surface area contributed by atoms with Crippen LogP contribution < -0.4 is 158 Å². The Morgan fingerprint density at radius 2 is 1.13 bits per heavy atom. The van der Waals surface area contributed by atoms with E-state index in [1.165, 1.54) is 61.5 Å². The van der Waals surface area contributed by atoms with E-state index < -0.39 is 93.3 Å². The van der Waals surface area contributed by atoms with Crippen molar-refractivity contribution in [3.05, 3.63) is 59.3 Å². The Morgan fingerprint density at radius 3 is 1.61 bits per heavy atom. The van der Waals surface area contributed by atoms with Gasteiger partial charge >= 0.3 is 148 Å². The number of allylic oxidation sites excluding steroid dienone is 4. The van der Waals surface area contributed by atoms with E-state index in [-0.39, 0.29) is 220 Å². The standard InChI is InChI=1S/C31H40N2O18S6.5Na/c1-30(2)24(32(16-5-7-18-53(35,36)37)28-20(52-51-50-34)12-13-21(26(28)30)55(41,42)43)10-9-11-25-31(3,4)27-22(56(44,45)46)14-15-23(57(47,48)49)29(27)33(25)17-6-8-19-54(38,39)40;;;;;/h9-15H,5-8,16-19H2,1-4H3,(H5-,34,35,36,37,38,39,40,41,42,43,44,45,46,47,48,49);;;;;/q;5*+1/p-5. The third-order valence-corrected chi connectivity index (χ3v) is 14.2. The molecule has 0 fully saturated rings. The third kappa shape index (κ3) is 16.1. The first-order valence-corrected chi connectivity index (χ1v) is 24.6. The van der Waals surface area contributed by atoms with Crippen LogP contribution in [0.4, 0.5) is 11.4 Å². The Labute approximate surface area is 476 Å². The largest absolute Gasteiger partial charge is 1.00 e. The Morgan fingerprint density at radius 1 is 0.661 bits per heavy atom. The molecule has 0 saturated heterocycles. The van der Waals surface area contributed by atoms with Crippen LogP contribution in [0, 0.1) is 0 Å². The van der Waals surface area contributed by atoms with Crippen LogP contribution in [0.2, 0.25) is 0 Å². The maximum absolute atomic E-state index is 12.5. The summed E-state index contributed by atoms with van der Waals surface area (Å²) in [6.45, 7) is 5.54. The van der Waals surface area contributed by atoms with Gasteiger partial charge in [0.1, 0.15) is 41.8 Å². The second-order valence-corrected chi connectivity index (χ2v) is 21.8. The van der Waals surface area contributed by atoms with Gasteiger partial charge in [0.05, 0.1) is 63.6 Å². The van der Waals surface area contributed by atoms with Crippen molar-refractivity contribution in [1.29, 1.82) is 0 Å². The summed E-state index contributed by atoms with van der Waals surface area (Å²) < 4.78 is 186. The molecule has 0 N–H and O–H groups in total. The van der Waals surface area contributed by atoms with E-state index in [1.807, 2.05) is 0 Å². The predicted octanol–water partition coefficient (Wildman–Crippen LogP) is -14.1. The van der Waals surface area contributed by atoms with Gasteiger partial charge in [-0.05, 0) is 63.5 Å². The average molecular weight is 1030 g/mol. The quantitative estimate of drug-likeness (QED) is 0.0254. The van der Waals surface area contributed by atoms with Crippen molar-refractivity contribution in [2.75, 3.05) is 29.5 Å². The van der Waals surface area contributed by atoms with E-state index in [4.69, 9.17) is 0 Å². The normalized spacial score (nSPS) is 16.4. The molecular weight excluding hydrogens is 996 g/mol. The van der Waals surface area contributed by atoms with Crippen LogP contribution in [-0.2, 0) is 70.8 Å². The molecule has 62 heavy (non-hydrogen) atoms. The van der Waals surface area contributed by atoms with Gasteiger partial charge in [0.25, 0.3) is 0 Å². The minimum atomic E-state index is -5.35. The Hall–Kier alpha value is 2.17. The first-order valence-electron chi connectivity index (χ1n) is 16.5. The zero-order valence-corrected chi connectivity index (χ0v) is 50.3. The van der Waals surface area contributed by atoms with E-state index in [0.717, 1.165) is 6.07 Å². The monoisotopic (exact) mass is 1030 g/mol. The number of unbranched alkanes of at least 4 members (excludes halogenated alkanes) is 2. The Kier molecular flexibility index (Phi) is 27.1. The molecule has 0 spiro atoms. The number of benzene rings is 2. The fourth-order valence-electron chi connectivity index (χ4n) is 7.15. The zero-order chi connectivity index (χ0) is 43.2. The van der Waals surface area contributed by atoms with Crippen LogP contribution in [0.15, 0.2) is 67.8 Å². The van der Waals surface area contributed by atoms with Gasteiger partial charge in [0.15, 0.2) is 5.71 Å². The fraction of sp³-hybridized carbons (Fsp3) is 0.452. The summed E-state index contributed by atoms with van der Waals surface area (Å²) in [6.07, 6.45) is 3.67. The average Bonchev–Trinajstić information content (AvgIpc) is 3.40.